The van der Waals surface area contributed by atoms with Gasteiger partial charge in [-0.25, -0.2) is 4.79 Å². The quantitative estimate of drug-likeness (QED) is 0.465. The molecule has 0 aliphatic carbocycles. The molecule has 0 unspecified atom stereocenters. The van der Waals surface area contributed by atoms with Crippen molar-refractivity contribution >= 4 is 18.5 Å². The van der Waals surface area contributed by atoms with E-state index >= 15 is 0 Å². The van der Waals surface area contributed by atoms with E-state index in [9.17, 15) is 15.0 Å². The summed E-state index contributed by atoms with van der Waals surface area (Å²) in [5.74, 6) is 0.465. The maximum atomic E-state index is 11.9. The summed E-state index contributed by atoms with van der Waals surface area (Å²) in [7, 11) is 0. The predicted octanol–water partition coefficient (Wildman–Crippen LogP) is 5.12. The highest BCUT2D eigenvalue weighted by atomic mass is 35.5. The van der Waals surface area contributed by atoms with Crippen molar-refractivity contribution in [2.24, 2.45) is 0 Å². The van der Waals surface area contributed by atoms with Crippen molar-refractivity contribution in [2.45, 2.75) is 31.3 Å². The van der Waals surface area contributed by atoms with Crippen molar-refractivity contribution in [1.82, 2.24) is 9.80 Å². The number of hydrogen-bond acceptors (Lipinski definition) is 5. The Balaban J connectivity index is 0.00000289. The molecule has 7 heteroatoms. The maximum Gasteiger partial charge on any atom is 0.410 e. The predicted molar refractivity (Wildman–Crippen MR) is 137 cm³/mol. The molecule has 6 nitrogen and oxygen atoms in total. The van der Waals surface area contributed by atoms with Gasteiger partial charge in [0.15, 0.2) is 0 Å². The molecule has 3 aromatic carbocycles. The van der Waals surface area contributed by atoms with Gasteiger partial charge in [0, 0.05) is 31.6 Å². The first-order valence-corrected chi connectivity index (χ1v) is 11.9. The molecule has 0 atom stereocenters. The molecule has 2 saturated heterocycles. The van der Waals surface area contributed by atoms with Crippen LogP contribution in [-0.4, -0.2) is 58.4 Å². The van der Waals surface area contributed by atoms with Gasteiger partial charge in [-0.3, -0.25) is 4.90 Å². The Kier molecular flexibility index (Phi) is 7.83. The van der Waals surface area contributed by atoms with E-state index in [1.807, 2.05) is 29.2 Å². The average molecular weight is 495 g/mol. The van der Waals surface area contributed by atoms with Crippen molar-refractivity contribution in [2.75, 3.05) is 26.2 Å². The first-order valence-electron chi connectivity index (χ1n) is 11.9. The van der Waals surface area contributed by atoms with Gasteiger partial charge in [0.05, 0.1) is 6.54 Å². The van der Waals surface area contributed by atoms with Gasteiger partial charge >= 0.3 is 6.09 Å². The molecular weight excluding hydrogens is 464 g/mol. The number of carbonyl (C=O) groups is 1. The lowest BCUT2D eigenvalue weighted by Gasteiger charge is -2.36. The van der Waals surface area contributed by atoms with Gasteiger partial charge in [-0.1, -0.05) is 48.5 Å². The first-order chi connectivity index (χ1) is 16.6. The zero-order chi connectivity index (χ0) is 23.5. The highest BCUT2D eigenvalue weighted by Gasteiger charge is 2.32. The summed E-state index contributed by atoms with van der Waals surface area (Å²) in [6, 6.07) is 23.5. The molecule has 0 radical (unpaired) electrons. The number of ether oxygens (including phenoxy) is 1. The van der Waals surface area contributed by atoms with Crippen molar-refractivity contribution < 1.29 is 19.7 Å². The molecule has 2 heterocycles. The number of rotatable bonds is 6. The highest BCUT2D eigenvalue weighted by molar-refractivity contribution is 5.85. The standard InChI is InChI=1S/C28H30N2O4.ClH/c31-24-9-5-20(6-10-24)27(21-7-11-25(32)12-8-21)26-4-2-1-3-22(26)19-29-15-13-23(14-16-29)30-17-18-34-28(30)33;/h1-12,23,27,31-32H,13-19H2;1H. The SMILES string of the molecule is Cl.O=C1OCCN1C1CCN(Cc2ccccc2C(c2ccc(O)cc2)c2ccc(O)cc2)CC1. The number of piperidine rings is 1. The van der Waals surface area contributed by atoms with Crippen LogP contribution < -0.4 is 0 Å². The number of benzene rings is 3. The number of phenols is 2. The lowest BCUT2D eigenvalue weighted by Crippen LogP contribution is -2.45. The minimum atomic E-state index is -0.172. The van der Waals surface area contributed by atoms with Crippen molar-refractivity contribution in [3.05, 3.63) is 95.1 Å². The average Bonchev–Trinajstić information content (AvgIpc) is 3.29. The Morgan fingerprint density at radius 2 is 1.40 bits per heavy atom. The van der Waals surface area contributed by atoms with Gasteiger partial charge in [-0.2, -0.15) is 0 Å². The van der Waals surface area contributed by atoms with Crippen LogP contribution in [0.15, 0.2) is 72.8 Å². The molecule has 1 amide bonds. The number of halogens is 1. The maximum absolute atomic E-state index is 11.9. The largest absolute Gasteiger partial charge is 0.508 e. The van der Waals surface area contributed by atoms with Crippen LogP contribution in [0.2, 0.25) is 0 Å². The summed E-state index contributed by atoms with van der Waals surface area (Å²) in [6.45, 7) is 3.91. The number of phenolic OH excluding ortho intramolecular Hbond substituents is 2. The molecule has 0 saturated carbocycles. The summed E-state index contributed by atoms with van der Waals surface area (Å²) in [5.41, 5.74) is 4.64. The Hall–Kier alpha value is -3.22. The monoisotopic (exact) mass is 494 g/mol. The molecular formula is C28H31ClN2O4. The zero-order valence-corrected chi connectivity index (χ0v) is 20.4. The Morgan fingerprint density at radius 1 is 0.829 bits per heavy atom. The molecule has 5 rings (SSSR count). The van der Waals surface area contributed by atoms with Crippen LogP contribution >= 0.6 is 12.4 Å². The topological polar surface area (TPSA) is 73.2 Å². The van der Waals surface area contributed by atoms with Crippen molar-refractivity contribution in [1.29, 1.82) is 0 Å². The number of hydrogen-bond donors (Lipinski definition) is 2. The molecule has 0 aromatic heterocycles. The number of likely N-dealkylation sites (tertiary alicyclic amines) is 1. The third-order valence-corrected chi connectivity index (χ3v) is 7.00. The van der Waals surface area contributed by atoms with Gasteiger partial charge in [0.25, 0.3) is 0 Å². The van der Waals surface area contributed by atoms with E-state index in [2.05, 4.69) is 29.2 Å². The summed E-state index contributed by atoms with van der Waals surface area (Å²) < 4.78 is 5.12. The van der Waals surface area contributed by atoms with E-state index in [1.165, 1.54) is 11.1 Å². The third-order valence-electron chi connectivity index (χ3n) is 7.00. The van der Waals surface area contributed by atoms with E-state index < -0.39 is 0 Å². The van der Waals surface area contributed by atoms with E-state index in [1.54, 1.807) is 24.3 Å². The molecule has 3 aromatic rings. The Morgan fingerprint density at radius 3 is 1.94 bits per heavy atom. The lowest BCUT2D eigenvalue weighted by atomic mass is 9.82. The molecule has 2 aliphatic heterocycles. The van der Waals surface area contributed by atoms with Crippen LogP contribution in [0.1, 0.15) is 41.0 Å². The van der Waals surface area contributed by atoms with Gasteiger partial charge in [0.2, 0.25) is 0 Å². The molecule has 35 heavy (non-hydrogen) atoms. The van der Waals surface area contributed by atoms with Crippen LogP contribution in [0, 0.1) is 0 Å². The summed E-state index contributed by atoms with van der Waals surface area (Å²) in [4.78, 5) is 16.3. The summed E-state index contributed by atoms with van der Waals surface area (Å²) in [5, 5.41) is 19.7. The van der Waals surface area contributed by atoms with Gasteiger partial charge in [-0.15, -0.1) is 12.4 Å². The van der Waals surface area contributed by atoms with Crippen LogP contribution in [0.4, 0.5) is 4.79 Å². The van der Waals surface area contributed by atoms with Crippen LogP contribution in [0.3, 0.4) is 0 Å². The van der Waals surface area contributed by atoms with E-state index in [4.69, 9.17) is 4.74 Å². The fourth-order valence-electron chi connectivity index (χ4n) is 5.21. The highest BCUT2D eigenvalue weighted by Crippen LogP contribution is 2.36. The number of cyclic esters (lactones) is 1. The molecule has 0 bridgehead atoms. The zero-order valence-electron chi connectivity index (χ0n) is 19.5. The van der Waals surface area contributed by atoms with Gasteiger partial charge in [-0.05, 0) is 59.4 Å². The van der Waals surface area contributed by atoms with Crippen LogP contribution in [0.25, 0.3) is 0 Å². The molecule has 0 spiro atoms. The number of nitrogens with zero attached hydrogens (tertiary/aromatic N) is 2. The number of carbonyl (C=O) groups excluding carboxylic acids is 1. The number of aromatic hydroxyl groups is 2. The molecule has 2 fully saturated rings. The van der Waals surface area contributed by atoms with Crippen LogP contribution in [-0.2, 0) is 11.3 Å². The van der Waals surface area contributed by atoms with Crippen molar-refractivity contribution in [3.8, 4) is 11.5 Å². The Bertz CT molecular complexity index is 1080. The smallest absolute Gasteiger partial charge is 0.410 e. The second-order valence-corrected chi connectivity index (χ2v) is 9.13. The fourth-order valence-corrected chi connectivity index (χ4v) is 5.21. The molecule has 2 N–H and O–H groups in total. The molecule has 2 aliphatic rings. The van der Waals surface area contributed by atoms with E-state index in [-0.39, 0.29) is 42.0 Å². The fraction of sp³-hybridized carbons (Fsp3) is 0.321. The Labute approximate surface area is 212 Å². The van der Waals surface area contributed by atoms with E-state index in [0.29, 0.717) is 13.2 Å². The normalized spacial score (nSPS) is 16.8. The van der Waals surface area contributed by atoms with Gasteiger partial charge in [0.1, 0.15) is 18.1 Å². The second-order valence-electron chi connectivity index (χ2n) is 9.13. The third kappa shape index (κ3) is 5.55. The van der Waals surface area contributed by atoms with Gasteiger partial charge < -0.3 is 19.8 Å². The number of amides is 1. The summed E-state index contributed by atoms with van der Waals surface area (Å²) >= 11 is 0. The van der Waals surface area contributed by atoms with Crippen molar-refractivity contribution in [3.63, 3.8) is 0 Å². The summed E-state index contributed by atoms with van der Waals surface area (Å²) in [6.07, 6.45) is 1.74. The van der Waals surface area contributed by atoms with E-state index in [0.717, 1.165) is 43.6 Å². The van der Waals surface area contributed by atoms with Crippen LogP contribution in [0.5, 0.6) is 11.5 Å². The lowest BCUT2D eigenvalue weighted by molar-refractivity contribution is 0.115. The first kappa shape index (κ1) is 24.9. The molecule has 184 valence electrons. The second kappa shape index (κ2) is 11.0. The minimum absolute atomic E-state index is 0. The minimum Gasteiger partial charge on any atom is -0.508 e.